The standard InChI is InChI=1S/C17H19NO5S/c1-11-6-7-14(23-11)10-18(2)24(21,22)16-9-13(17(19)20)8-12-4-3-5-15(12)16/h6-9H,3-5,10H2,1-2H3,(H,19,20). The minimum atomic E-state index is -3.80. The quantitative estimate of drug-likeness (QED) is 0.896. The lowest BCUT2D eigenvalue weighted by Gasteiger charge is -2.19. The van der Waals surface area contributed by atoms with Crippen molar-refractivity contribution in [2.75, 3.05) is 7.05 Å². The molecule has 0 spiro atoms. The molecular formula is C17H19NO5S. The van der Waals surface area contributed by atoms with Crippen LogP contribution in [-0.2, 0) is 29.4 Å². The third-order valence-corrected chi connectivity index (χ3v) is 6.15. The average Bonchev–Trinajstić information content (AvgIpc) is 3.14. The number of carboxylic acid groups (broad SMARTS) is 1. The Bertz CT molecular complexity index is 898. The number of hydrogen-bond donors (Lipinski definition) is 1. The van der Waals surface area contributed by atoms with E-state index < -0.39 is 16.0 Å². The largest absolute Gasteiger partial charge is 0.478 e. The summed E-state index contributed by atoms with van der Waals surface area (Å²) < 4.78 is 32.6. The van der Waals surface area contributed by atoms with Crippen molar-refractivity contribution in [2.24, 2.45) is 0 Å². The van der Waals surface area contributed by atoms with Crippen LogP contribution in [0.2, 0.25) is 0 Å². The second-order valence-corrected chi connectivity index (χ2v) is 8.06. The minimum absolute atomic E-state index is 0.0106. The molecule has 6 nitrogen and oxygen atoms in total. The summed E-state index contributed by atoms with van der Waals surface area (Å²) in [5.41, 5.74) is 1.56. The van der Waals surface area contributed by atoms with E-state index in [0.29, 0.717) is 24.4 Å². The number of aryl methyl sites for hydroxylation is 2. The van der Waals surface area contributed by atoms with Crippen LogP contribution in [0.3, 0.4) is 0 Å². The number of aromatic carboxylic acids is 1. The van der Waals surface area contributed by atoms with E-state index >= 15 is 0 Å². The molecule has 1 aliphatic carbocycles. The second kappa shape index (κ2) is 6.07. The van der Waals surface area contributed by atoms with Crippen LogP contribution >= 0.6 is 0 Å². The lowest BCUT2D eigenvalue weighted by atomic mass is 10.1. The molecule has 0 radical (unpaired) electrons. The third kappa shape index (κ3) is 2.97. The van der Waals surface area contributed by atoms with Crippen molar-refractivity contribution in [3.63, 3.8) is 0 Å². The first-order valence-electron chi connectivity index (χ1n) is 7.70. The minimum Gasteiger partial charge on any atom is -0.478 e. The van der Waals surface area contributed by atoms with Crippen molar-refractivity contribution in [1.29, 1.82) is 0 Å². The van der Waals surface area contributed by atoms with Crippen molar-refractivity contribution < 1.29 is 22.7 Å². The van der Waals surface area contributed by atoms with Crippen LogP contribution in [0.1, 0.15) is 39.4 Å². The Labute approximate surface area is 140 Å². The van der Waals surface area contributed by atoms with Crippen LogP contribution < -0.4 is 0 Å². The zero-order valence-corrected chi connectivity index (χ0v) is 14.4. The van der Waals surface area contributed by atoms with Gasteiger partial charge in [0.2, 0.25) is 10.0 Å². The first kappa shape index (κ1) is 16.7. The Morgan fingerprint density at radius 2 is 2.04 bits per heavy atom. The molecule has 3 rings (SSSR count). The van der Waals surface area contributed by atoms with E-state index in [1.165, 1.54) is 17.4 Å². The molecule has 0 saturated heterocycles. The van der Waals surface area contributed by atoms with Gasteiger partial charge in [0.15, 0.2) is 0 Å². The van der Waals surface area contributed by atoms with E-state index in [1.54, 1.807) is 25.1 Å². The van der Waals surface area contributed by atoms with E-state index in [9.17, 15) is 18.3 Å². The van der Waals surface area contributed by atoms with Crippen molar-refractivity contribution in [3.8, 4) is 0 Å². The average molecular weight is 349 g/mol. The molecular weight excluding hydrogens is 330 g/mol. The van der Waals surface area contributed by atoms with Crippen LogP contribution in [0.5, 0.6) is 0 Å². The number of carbonyl (C=O) groups is 1. The van der Waals surface area contributed by atoms with E-state index in [0.717, 1.165) is 17.5 Å². The predicted octanol–water partition coefficient (Wildman–Crippen LogP) is 2.60. The molecule has 1 aromatic heterocycles. The van der Waals surface area contributed by atoms with E-state index in [-0.39, 0.29) is 17.0 Å². The Hall–Kier alpha value is -2.12. The predicted molar refractivity (Wildman–Crippen MR) is 87.5 cm³/mol. The van der Waals surface area contributed by atoms with Gasteiger partial charge in [-0.3, -0.25) is 0 Å². The highest BCUT2D eigenvalue weighted by Crippen LogP contribution is 2.32. The van der Waals surface area contributed by atoms with Crippen LogP contribution in [0, 0.1) is 6.92 Å². The number of rotatable bonds is 5. The maximum absolute atomic E-state index is 13.0. The van der Waals surface area contributed by atoms with E-state index in [2.05, 4.69) is 0 Å². The number of hydrogen-bond acceptors (Lipinski definition) is 4. The molecule has 1 aliphatic rings. The van der Waals surface area contributed by atoms with Crippen molar-refractivity contribution in [3.05, 3.63) is 52.5 Å². The molecule has 2 aromatic rings. The lowest BCUT2D eigenvalue weighted by molar-refractivity contribution is 0.0696. The van der Waals surface area contributed by atoms with Gasteiger partial charge in [-0.05, 0) is 61.6 Å². The third-order valence-electron chi connectivity index (χ3n) is 4.28. The summed E-state index contributed by atoms with van der Waals surface area (Å²) in [5, 5.41) is 9.26. The summed E-state index contributed by atoms with van der Waals surface area (Å²) in [6, 6.07) is 6.36. The second-order valence-electron chi connectivity index (χ2n) is 6.04. The van der Waals surface area contributed by atoms with Gasteiger partial charge in [0.05, 0.1) is 17.0 Å². The summed E-state index contributed by atoms with van der Waals surface area (Å²) in [6.07, 6.45) is 2.19. The van der Waals surface area contributed by atoms with Gasteiger partial charge in [-0.15, -0.1) is 0 Å². The van der Waals surface area contributed by atoms with Gasteiger partial charge in [0, 0.05) is 7.05 Å². The summed E-state index contributed by atoms with van der Waals surface area (Å²) >= 11 is 0. The molecule has 0 saturated carbocycles. The fourth-order valence-corrected chi connectivity index (χ4v) is 4.51. The van der Waals surface area contributed by atoms with Crippen molar-refractivity contribution in [1.82, 2.24) is 4.31 Å². The summed E-state index contributed by atoms with van der Waals surface area (Å²) in [4.78, 5) is 11.4. The van der Waals surface area contributed by atoms with Crippen LogP contribution in [0.15, 0.2) is 33.6 Å². The zero-order chi connectivity index (χ0) is 17.5. The Balaban J connectivity index is 2.01. The topological polar surface area (TPSA) is 87.8 Å². The molecule has 0 unspecified atom stereocenters. The number of carboxylic acids is 1. The molecule has 0 bridgehead atoms. The molecule has 0 aliphatic heterocycles. The molecule has 1 N–H and O–H groups in total. The number of benzene rings is 1. The molecule has 1 aromatic carbocycles. The van der Waals surface area contributed by atoms with Crippen LogP contribution in [0.25, 0.3) is 0 Å². The van der Waals surface area contributed by atoms with Gasteiger partial charge in [0.25, 0.3) is 0 Å². The number of sulfonamides is 1. The fraction of sp³-hybridized carbons (Fsp3) is 0.353. The summed E-state index contributed by atoms with van der Waals surface area (Å²) in [6.45, 7) is 1.89. The lowest BCUT2D eigenvalue weighted by Crippen LogP contribution is -2.27. The monoisotopic (exact) mass is 349 g/mol. The van der Waals surface area contributed by atoms with Gasteiger partial charge in [-0.1, -0.05) is 0 Å². The Kier molecular flexibility index (Phi) is 4.23. The smallest absolute Gasteiger partial charge is 0.335 e. The highest BCUT2D eigenvalue weighted by molar-refractivity contribution is 7.89. The first-order valence-corrected chi connectivity index (χ1v) is 9.14. The molecule has 0 fully saturated rings. The number of fused-ring (bicyclic) bond motifs is 1. The fourth-order valence-electron chi connectivity index (χ4n) is 3.06. The van der Waals surface area contributed by atoms with E-state index in [1.807, 2.05) is 0 Å². The van der Waals surface area contributed by atoms with Crippen LogP contribution in [0.4, 0.5) is 0 Å². The Morgan fingerprint density at radius 3 is 2.67 bits per heavy atom. The number of furan rings is 1. The SMILES string of the molecule is Cc1ccc(CN(C)S(=O)(=O)c2cc(C(=O)O)cc3c2CCC3)o1. The van der Waals surface area contributed by atoms with Gasteiger partial charge in [0.1, 0.15) is 11.5 Å². The van der Waals surface area contributed by atoms with Crippen LogP contribution in [-0.4, -0.2) is 30.8 Å². The Morgan fingerprint density at radius 1 is 1.29 bits per heavy atom. The van der Waals surface area contributed by atoms with Gasteiger partial charge in [-0.25, -0.2) is 13.2 Å². The first-order chi connectivity index (χ1) is 11.3. The molecule has 0 atom stereocenters. The van der Waals surface area contributed by atoms with Crippen molar-refractivity contribution >= 4 is 16.0 Å². The summed E-state index contributed by atoms with van der Waals surface area (Å²) in [5.74, 6) is 0.139. The maximum Gasteiger partial charge on any atom is 0.335 e. The van der Waals surface area contributed by atoms with Gasteiger partial charge < -0.3 is 9.52 Å². The highest BCUT2D eigenvalue weighted by Gasteiger charge is 2.29. The normalized spacial score (nSPS) is 14.1. The summed E-state index contributed by atoms with van der Waals surface area (Å²) in [7, 11) is -2.33. The van der Waals surface area contributed by atoms with Gasteiger partial charge in [-0.2, -0.15) is 4.31 Å². The number of nitrogens with zero attached hydrogens (tertiary/aromatic N) is 1. The molecule has 1 heterocycles. The maximum atomic E-state index is 13.0. The highest BCUT2D eigenvalue weighted by atomic mass is 32.2. The molecule has 24 heavy (non-hydrogen) atoms. The molecule has 7 heteroatoms. The molecule has 128 valence electrons. The zero-order valence-electron chi connectivity index (χ0n) is 13.6. The molecule has 0 amide bonds. The van der Waals surface area contributed by atoms with E-state index in [4.69, 9.17) is 4.42 Å². The van der Waals surface area contributed by atoms with Gasteiger partial charge >= 0.3 is 5.97 Å². The van der Waals surface area contributed by atoms with Crippen molar-refractivity contribution in [2.45, 2.75) is 37.6 Å².